The van der Waals surface area contributed by atoms with Crippen LogP contribution in [0, 0.1) is 0 Å². The minimum atomic E-state index is -0.392. The van der Waals surface area contributed by atoms with Crippen LogP contribution in [0.4, 0.5) is 0 Å². The Morgan fingerprint density at radius 2 is 1.08 bits per heavy atom. The number of fused-ring (bicyclic) bond motifs is 6. The van der Waals surface area contributed by atoms with Crippen molar-refractivity contribution in [3.63, 3.8) is 0 Å². The molecule has 0 N–H and O–H groups in total. The van der Waals surface area contributed by atoms with E-state index in [2.05, 4.69) is 123 Å². The molecule has 0 bridgehead atoms. The average Bonchev–Trinajstić information content (AvgIpc) is 3.71. The van der Waals surface area contributed by atoms with E-state index in [4.69, 9.17) is 11.3 Å². The summed E-state index contributed by atoms with van der Waals surface area (Å²) in [5, 5.41) is 8.22. The van der Waals surface area contributed by atoms with Crippen LogP contribution in [0.15, 0.2) is 162 Å². The zero-order chi connectivity index (χ0) is 37.5. The van der Waals surface area contributed by atoms with Crippen LogP contribution in [0.2, 0.25) is 0 Å². The number of hydrogen-bond acceptors (Lipinski definition) is 1. The van der Waals surface area contributed by atoms with Gasteiger partial charge in [-0.25, -0.2) is 0 Å². The molecule has 1 aromatic heterocycles. The first-order chi connectivity index (χ1) is 26.6. The number of para-hydroxylation sites is 1. The average molecular weight is 642 g/mol. The highest BCUT2D eigenvalue weighted by molar-refractivity contribution is 6.29. The molecule has 50 heavy (non-hydrogen) atoms. The van der Waals surface area contributed by atoms with E-state index in [1.807, 2.05) is 18.2 Å². The van der Waals surface area contributed by atoms with Gasteiger partial charge in [0, 0.05) is 21.8 Å². The molecule has 0 unspecified atom stereocenters. The summed E-state index contributed by atoms with van der Waals surface area (Å²) in [7, 11) is 0. The second-order valence-electron chi connectivity index (χ2n) is 14.0. The minimum absolute atomic E-state index is 0.110. The molecule has 9 aromatic carbocycles. The van der Waals surface area contributed by atoms with Crippen LogP contribution in [0.1, 0.15) is 31.8 Å². The molecule has 0 fully saturated rings. The van der Waals surface area contributed by atoms with E-state index in [-0.39, 0.29) is 35.1 Å². The molecule has 0 amide bonds. The van der Waals surface area contributed by atoms with Gasteiger partial charge in [0.2, 0.25) is 0 Å². The molecule has 0 radical (unpaired) electrons. The van der Waals surface area contributed by atoms with Gasteiger partial charge in [0.05, 0.1) is 6.85 Å². The molecule has 1 heterocycles. The smallest absolute Gasteiger partial charge is 0.143 e. The van der Waals surface area contributed by atoms with E-state index in [0.29, 0.717) is 5.56 Å². The van der Waals surface area contributed by atoms with Crippen LogP contribution >= 0.6 is 0 Å². The van der Waals surface area contributed by atoms with E-state index in [1.165, 1.54) is 27.8 Å². The third kappa shape index (κ3) is 3.62. The maximum absolute atomic E-state index is 8.76. The Hall–Kier alpha value is -6.18. The van der Waals surface area contributed by atoms with Crippen LogP contribution in [0.5, 0.6) is 0 Å². The lowest BCUT2D eigenvalue weighted by molar-refractivity contribution is 0.660. The maximum Gasteiger partial charge on any atom is 0.143 e. The third-order valence-electron chi connectivity index (χ3n) is 11.1. The largest absolute Gasteiger partial charge is 0.455 e. The fraction of sp³-hybridized carbons (Fsp3) is 0.0612. The van der Waals surface area contributed by atoms with Crippen LogP contribution < -0.4 is 0 Å². The zero-order valence-corrected chi connectivity index (χ0v) is 27.5. The molecule has 0 spiro atoms. The van der Waals surface area contributed by atoms with Gasteiger partial charge in [0.1, 0.15) is 11.2 Å². The monoisotopic (exact) mass is 641 g/mol. The van der Waals surface area contributed by atoms with Crippen molar-refractivity contribution < 1.29 is 11.3 Å². The molecular weight excluding hydrogens is 605 g/mol. The lowest BCUT2D eigenvalue weighted by Crippen LogP contribution is -2.14. The van der Waals surface area contributed by atoms with Gasteiger partial charge in [0.25, 0.3) is 0 Å². The Morgan fingerprint density at radius 1 is 0.460 bits per heavy atom. The molecule has 0 atom stereocenters. The fourth-order valence-corrected chi connectivity index (χ4v) is 8.90. The normalized spacial score (nSPS) is 15.0. The van der Waals surface area contributed by atoms with E-state index in [1.54, 1.807) is 0 Å². The Labute approximate surface area is 297 Å². The second kappa shape index (κ2) is 9.94. The molecular formula is C49H32O. The Bertz CT molecular complexity index is 3270. The van der Waals surface area contributed by atoms with Crippen molar-refractivity contribution in [2.24, 2.45) is 0 Å². The molecule has 1 aliphatic rings. The zero-order valence-electron chi connectivity index (χ0n) is 32.5. The van der Waals surface area contributed by atoms with Crippen molar-refractivity contribution in [3.8, 4) is 44.5 Å². The summed E-state index contributed by atoms with van der Waals surface area (Å²) < 4.78 is 49.2. The summed E-state index contributed by atoms with van der Waals surface area (Å²) in [5.41, 5.74) is 12.0. The van der Waals surface area contributed by atoms with Crippen molar-refractivity contribution in [2.75, 3.05) is 0 Å². The quantitative estimate of drug-likeness (QED) is 0.175. The molecule has 1 heteroatoms. The highest BCUT2D eigenvalue weighted by Crippen LogP contribution is 2.53. The van der Waals surface area contributed by atoms with Gasteiger partial charge >= 0.3 is 0 Å². The Balaban J connectivity index is 1.16. The molecule has 1 aliphatic carbocycles. The van der Waals surface area contributed by atoms with Gasteiger partial charge in [-0.1, -0.05) is 165 Å². The van der Waals surface area contributed by atoms with Crippen LogP contribution in [0.3, 0.4) is 0 Å². The number of benzene rings is 9. The minimum Gasteiger partial charge on any atom is -0.455 e. The highest BCUT2D eigenvalue weighted by Gasteiger charge is 2.37. The van der Waals surface area contributed by atoms with Crippen molar-refractivity contribution in [3.05, 3.63) is 169 Å². The number of hydrogen-bond donors (Lipinski definition) is 0. The van der Waals surface area contributed by atoms with E-state index >= 15 is 0 Å². The summed E-state index contributed by atoms with van der Waals surface area (Å²) in [6, 6.07) is 43.3. The second-order valence-corrected chi connectivity index (χ2v) is 14.0. The van der Waals surface area contributed by atoms with Gasteiger partial charge in [-0.2, -0.15) is 0 Å². The first-order valence-electron chi connectivity index (χ1n) is 19.6. The summed E-state index contributed by atoms with van der Waals surface area (Å²) in [4.78, 5) is 0. The van der Waals surface area contributed by atoms with Crippen LogP contribution in [-0.2, 0) is 5.41 Å². The molecule has 0 saturated heterocycles. The van der Waals surface area contributed by atoms with Gasteiger partial charge < -0.3 is 4.42 Å². The van der Waals surface area contributed by atoms with Crippen molar-refractivity contribution >= 4 is 54.3 Å². The first-order valence-corrected chi connectivity index (χ1v) is 17.1. The molecule has 234 valence electrons. The molecule has 0 aliphatic heterocycles. The SMILES string of the molecule is [2H]c1c([2H])c([2H])c(-c2ccc3ccc4c(-c5cccc6oc7c(-c8cccc9c8-c8ccccc8C9(C)C)cccc7c56)ccc5ccc2c3c54)c([2H])c1[2H]. The third-order valence-corrected chi connectivity index (χ3v) is 11.1. The maximum atomic E-state index is 8.76. The van der Waals surface area contributed by atoms with E-state index < -0.39 is 6.04 Å². The molecule has 10 aromatic rings. The van der Waals surface area contributed by atoms with Crippen LogP contribution in [0.25, 0.3) is 98.8 Å². The molecule has 11 rings (SSSR count). The summed E-state index contributed by atoms with van der Waals surface area (Å²) in [6.07, 6.45) is 0. The number of furan rings is 1. The lowest BCUT2D eigenvalue weighted by atomic mass is 9.82. The van der Waals surface area contributed by atoms with Gasteiger partial charge in [-0.15, -0.1) is 0 Å². The van der Waals surface area contributed by atoms with Gasteiger partial charge in [0.15, 0.2) is 0 Å². The number of rotatable bonds is 3. The van der Waals surface area contributed by atoms with Gasteiger partial charge in [-0.05, 0) is 88.5 Å². The summed E-state index contributed by atoms with van der Waals surface area (Å²) in [5.74, 6) is 0. The predicted molar refractivity (Wildman–Crippen MR) is 211 cm³/mol. The Morgan fingerprint density at radius 3 is 1.90 bits per heavy atom. The lowest BCUT2D eigenvalue weighted by Gasteiger charge is -2.21. The van der Waals surface area contributed by atoms with Crippen LogP contribution in [-0.4, -0.2) is 0 Å². The summed E-state index contributed by atoms with van der Waals surface area (Å²) >= 11 is 0. The van der Waals surface area contributed by atoms with E-state index in [9.17, 15) is 0 Å². The molecule has 1 nitrogen and oxygen atoms in total. The van der Waals surface area contributed by atoms with E-state index in [0.717, 1.165) is 70.9 Å². The standard InChI is InChI=1S/C49H32O/c1-49(2)41-18-7-6-13-39(41)46-35(14-9-19-42(46)49)38-16-8-17-40-47-34(15-10-20-43(47)50-48(38)40)33-26-22-31-23-27-36-32(29-11-4-3-5-12-29)25-21-30-24-28-37(33)45(31)44(30)36/h3-28H,1-2H3/i3D,4D,5D,11D,12D. The topological polar surface area (TPSA) is 13.1 Å². The molecule has 0 saturated carbocycles. The first kappa shape index (κ1) is 23.2. The highest BCUT2D eigenvalue weighted by atomic mass is 16.3. The van der Waals surface area contributed by atoms with Gasteiger partial charge in [-0.3, -0.25) is 0 Å². The predicted octanol–water partition coefficient (Wildman–Crippen LogP) is 13.8. The van der Waals surface area contributed by atoms with Crippen molar-refractivity contribution in [1.29, 1.82) is 0 Å². The fourth-order valence-electron chi connectivity index (χ4n) is 8.90. The Kier molecular flexibility index (Phi) is 4.61. The summed E-state index contributed by atoms with van der Waals surface area (Å²) in [6.45, 7) is 4.62. The van der Waals surface area contributed by atoms with Crippen molar-refractivity contribution in [1.82, 2.24) is 0 Å². The van der Waals surface area contributed by atoms with Crippen molar-refractivity contribution in [2.45, 2.75) is 19.3 Å².